The molecule has 0 saturated carbocycles. The van der Waals surface area contributed by atoms with Gasteiger partial charge in [-0.05, 0) is 55.3 Å². The number of aryl methyl sites for hydroxylation is 2. The average molecular weight is 446 g/mol. The van der Waals surface area contributed by atoms with E-state index in [0.29, 0.717) is 37.6 Å². The maximum absolute atomic E-state index is 13.1. The van der Waals surface area contributed by atoms with Crippen LogP contribution in [0.5, 0.6) is 0 Å². The molecule has 1 aliphatic heterocycles. The van der Waals surface area contributed by atoms with E-state index in [1.54, 1.807) is 33.8 Å². The van der Waals surface area contributed by atoms with Crippen molar-refractivity contribution < 1.29 is 12.8 Å². The summed E-state index contributed by atoms with van der Waals surface area (Å²) in [5.41, 5.74) is 3.45. The van der Waals surface area contributed by atoms with Gasteiger partial charge in [-0.3, -0.25) is 4.90 Å². The Hall–Kier alpha value is -2.13. The number of hydrogen-bond acceptors (Lipinski definition) is 5. The molecule has 0 N–H and O–H groups in total. The van der Waals surface area contributed by atoms with Crippen LogP contribution in [0.2, 0.25) is 0 Å². The smallest absolute Gasteiger partial charge is 0.243 e. The summed E-state index contributed by atoms with van der Waals surface area (Å²) in [6.45, 7) is 6.68. The second-order valence-electron chi connectivity index (χ2n) is 7.58. The zero-order valence-corrected chi connectivity index (χ0v) is 18.6. The summed E-state index contributed by atoms with van der Waals surface area (Å²) in [6.07, 6.45) is 0. The largest absolute Gasteiger partial charge is 0.294 e. The maximum atomic E-state index is 13.1. The lowest BCUT2D eigenvalue weighted by Gasteiger charge is -2.33. The minimum absolute atomic E-state index is 0.261. The van der Waals surface area contributed by atoms with Crippen LogP contribution in [-0.4, -0.2) is 48.8 Å². The molecule has 0 spiro atoms. The molecule has 30 heavy (non-hydrogen) atoms. The molecule has 3 aromatic rings. The quantitative estimate of drug-likeness (QED) is 0.594. The Labute approximate surface area is 180 Å². The SMILES string of the molecule is Cc1ccc(C)c(S(=O)(=O)N2CCN(Cc3nc(-c4ccc(F)cc4)cs3)CC2)c1. The lowest BCUT2D eigenvalue weighted by molar-refractivity contribution is 0.181. The summed E-state index contributed by atoms with van der Waals surface area (Å²) in [5.74, 6) is -0.261. The van der Waals surface area contributed by atoms with Crippen molar-refractivity contribution in [3.05, 3.63) is 69.8 Å². The van der Waals surface area contributed by atoms with Gasteiger partial charge in [0.25, 0.3) is 0 Å². The van der Waals surface area contributed by atoms with Crippen LogP contribution >= 0.6 is 11.3 Å². The van der Waals surface area contributed by atoms with Crippen LogP contribution in [0, 0.1) is 19.7 Å². The van der Waals surface area contributed by atoms with Crippen LogP contribution in [0.4, 0.5) is 4.39 Å². The second kappa shape index (κ2) is 8.55. The molecular weight excluding hydrogens is 421 g/mol. The van der Waals surface area contributed by atoms with Gasteiger partial charge in [0.1, 0.15) is 10.8 Å². The van der Waals surface area contributed by atoms with E-state index in [1.807, 2.05) is 31.4 Å². The molecular formula is C22H24FN3O2S2. The molecule has 8 heteroatoms. The summed E-state index contributed by atoms with van der Waals surface area (Å²) >= 11 is 1.57. The van der Waals surface area contributed by atoms with E-state index in [9.17, 15) is 12.8 Å². The third kappa shape index (κ3) is 4.46. The van der Waals surface area contributed by atoms with Crippen LogP contribution in [0.3, 0.4) is 0 Å². The van der Waals surface area contributed by atoms with Crippen LogP contribution in [0.25, 0.3) is 11.3 Å². The molecule has 1 aliphatic rings. The molecule has 0 radical (unpaired) electrons. The number of benzene rings is 2. The zero-order chi connectivity index (χ0) is 21.3. The highest BCUT2D eigenvalue weighted by molar-refractivity contribution is 7.89. The Morgan fingerprint density at radius 1 is 1.03 bits per heavy atom. The molecule has 158 valence electrons. The number of rotatable bonds is 5. The highest BCUT2D eigenvalue weighted by Crippen LogP contribution is 2.25. The summed E-state index contributed by atoms with van der Waals surface area (Å²) < 4.78 is 40.9. The molecule has 0 amide bonds. The van der Waals surface area contributed by atoms with Crippen molar-refractivity contribution in [3.8, 4) is 11.3 Å². The van der Waals surface area contributed by atoms with Crippen LogP contribution in [-0.2, 0) is 16.6 Å². The van der Waals surface area contributed by atoms with Gasteiger partial charge in [-0.1, -0.05) is 12.1 Å². The van der Waals surface area contributed by atoms with Gasteiger partial charge in [-0.15, -0.1) is 11.3 Å². The highest BCUT2D eigenvalue weighted by Gasteiger charge is 2.29. The van der Waals surface area contributed by atoms with Gasteiger partial charge < -0.3 is 0 Å². The predicted octanol–water partition coefficient (Wildman–Crippen LogP) is 4.07. The zero-order valence-electron chi connectivity index (χ0n) is 17.0. The first kappa shape index (κ1) is 21.1. The van der Waals surface area contributed by atoms with Gasteiger partial charge in [0.2, 0.25) is 10.0 Å². The van der Waals surface area contributed by atoms with Gasteiger partial charge in [0.15, 0.2) is 0 Å². The summed E-state index contributed by atoms with van der Waals surface area (Å²) in [5, 5.41) is 2.95. The third-order valence-electron chi connectivity index (χ3n) is 5.34. The number of nitrogens with zero attached hydrogens (tertiary/aromatic N) is 3. The molecule has 4 rings (SSSR count). The number of halogens is 1. The Kier molecular flexibility index (Phi) is 6.02. The fourth-order valence-electron chi connectivity index (χ4n) is 3.58. The standard InChI is InChI=1S/C22H24FN3O2S2/c1-16-3-4-17(2)21(13-16)30(27,28)26-11-9-25(10-12-26)14-22-24-20(15-29-22)18-5-7-19(23)8-6-18/h3-8,13,15H,9-12,14H2,1-2H3. The minimum Gasteiger partial charge on any atom is -0.294 e. The number of piperazine rings is 1. The van der Waals surface area contributed by atoms with Crippen LogP contribution in [0.1, 0.15) is 16.1 Å². The van der Waals surface area contributed by atoms with Crippen molar-refractivity contribution in [1.29, 1.82) is 0 Å². The van der Waals surface area contributed by atoms with E-state index in [-0.39, 0.29) is 5.82 Å². The summed E-state index contributed by atoms with van der Waals surface area (Å²) in [4.78, 5) is 7.29. The molecule has 0 aliphatic carbocycles. The van der Waals surface area contributed by atoms with Crippen molar-refractivity contribution in [3.63, 3.8) is 0 Å². The molecule has 0 atom stereocenters. The van der Waals surface area contributed by atoms with Crippen LogP contribution in [0.15, 0.2) is 52.7 Å². The first-order chi connectivity index (χ1) is 14.3. The molecule has 1 saturated heterocycles. The van der Waals surface area contributed by atoms with Crippen molar-refractivity contribution in [2.45, 2.75) is 25.3 Å². The lowest BCUT2D eigenvalue weighted by atomic mass is 10.2. The second-order valence-corrected chi connectivity index (χ2v) is 10.4. The number of hydrogen-bond donors (Lipinski definition) is 0. The predicted molar refractivity (Wildman–Crippen MR) is 117 cm³/mol. The Morgan fingerprint density at radius 2 is 1.73 bits per heavy atom. The molecule has 1 fully saturated rings. The summed E-state index contributed by atoms with van der Waals surface area (Å²) in [6, 6.07) is 11.9. The fourth-order valence-corrected chi connectivity index (χ4v) is 6.16. The average Bonchev–Trinajstić information content (AvgIpc) is 3.19. The Bertz CT molecular complexity index is 1140. The van der Waals surface area contributed by atoms with Crippen molar-refractivity contribution >= 4 is 21.4 Å². The van der Waals surface area contributed by atoms with Crippen molar-refractivity contribution in [1.82, 2.24) is 14.2 Å². The number of sulfonamides is 1. The van der Waals surface area contributed by atoms with Gasteiger partial charge in [-0.25, -0.2) is 17.8 Å². The van der Waals surface area contributed by atoms with Crippen LogP contribution < -0.4 is 0 Å². The Morgan fingerprint density at radius 3 is 2.43 bits per heavy atom. The lowest BCUT2D eigenvalue weighted by Crippen LogP contribution is -2.48. The third-order valence-corrected chi connectivity index (χ3v) is 8.22. The van der Waals surface area contributed by atoms with Gasteiger partial charge >= 0.3 is 0 Å². The molecule has 2 aromatic carbocycles. The molecule has 2 heterocycles. The van der Waals surface area contributed by atoms with Gasteiger partial charge in [0.05, 0.1) is 17.1 Å². The number of aromatic nitrogens is 1. The van der Waals surface area contributed by atoms with E-state index >= 15 is 0 Å². The van der Waals surface area contributed by atoms with Gasteiger partial charge in [0, 0.05) is 37.1 Å². The summed E-state index contributed by atoms with van der Waals surface area (Å²) in [7, 11) is -3.48. The van der Waals surface area contributed by atoms with E-state index < -0.39 is 10.0 Å². The normalized spacial score (nSPS) is 16.1. The van der Waals surface area contributed by atoms with Crippen molar-refractivity contribution in [2.75, 3.05) is 26.2 Å². The first-order valence-corrected chi connectivity index (χ1v) is 12.1. The number of thiazole rings is 1. The maximum Gasteiger partial charge on any atom is 0.243 e. The highest BCUT2D eigenvalue weighted by atomic mass is 32.2. The van der Waals surface area contributed by atoms with Gasteiger partial charge in [-0.2, -0.15) is 4.31 Å². The topological polar surface area (TPSA) is 53.5 Å². The molecule has 0 unspecified atom stereocenters. The fraction of sp³-hybridized carbons (Fsp3) is 0.318. The Balaban J connectivity index is 1.39. The van der Waals surface area contributed by atoms with Crippen molar-refractivity contribution in [2.24, 2.45) is 0 Å². The first-order valence-electron chi connectivity index (χ1n) is 9.83. The van der Waals surface area contributed by atoms with E-state index in [2.05, 4.69) is 9.88 Å². The minimum atomic E-state index is -3.48. The molecule has 1 aromatic heterocycles. The van der Waals surface area contributed by atoms with E-state index in [1.165, 1.54) is 12.1 Å². The monoisotopic (exact) mass is 445 g/mol. The van der Waals surface area contributed by atoms with E-state index in [4.69, 9.17) is 0 Å². The molecule has 5 nitrogen and oxygen atoms in total. The van der Waals surface area contributed by atoms with E-state index in [0.717, 1.165) is 27.4 Å². The molecule has 0 bridgehead atoms.